The lowest BCUT2D eigenvalue weighted by molar-refractivity contribution is 0.101. The van der Waals surface area contributed by atoms with E-state index in [1.54, 1.807) is 6.92 Å². The highest BCUT2D eigenvalue weighted by Crippen LogP contribution is 2.37. The molecule has 1 aliphatic rings. The Morgan fingerprint density at radius 1 is 1.42 bits per heavy atom. The summed E-state index contributed by atoms with van der Waals surface area (Å²) in [4.78, 5) is 13.6. The highest BCUT2D eigenvalue weighted by molar-refractivity contribution is 5.94. The Labute approximate surface area is 114 Å². The molecule has 3 heteroatoms. The van der Waals surface area contributed by atoms with Crippen molar-refractivity contribution in [2.45, 2.75) is 39.2 Å². The molecule has 1 fully saturated rings. The number of Topliss-reactive ketones (excluding diaryl/α,β-unsaturated/α-hetero) is 1. The second kappa shape index (κ2) is 5.05. The molecule has 1 unspecified atom stereocenters. The molecule has 19 heavy (non-hydrogen) atoms. The number of carbonyl (C=O) groups is 1. The highest BCUT2D eigenvalue weighted by atomic mass is 16.1. The van der Waals surface area contributed by atoms with Crippen molar-refractivity contribution in [2.24, 2.45) is 5.92 Å². The van der Waals surface area contributed by atoms with Gasteiger partial charge in [0.1, 0.15) is 0 Å². The summed E-state index contributed by atoms with van der Waals surface area (Å²) in [6.07, 6.45) is 1.65. The van der Waals surface area contributed by atoms with E-state index in [-0.39, 0.29) is 11.3 Å². The van der Waals surface area contributed by atoms with Crippen LogP contribution in [0.15, 0.2) is 24.3 Å². The Bertz CT molecular complexity index is 511. The van der Waals surface area contributed by atoms with Gasteiger partial charge in [-0.15, -0.1) is 0 Å². The quantitative estimate of drug-likeness (QED) is 0.778. The molecule has 1 saturated heterocycles. The van der Waals surface area contributed by atoms with Crippen molar-refractivity contribution in [3.8, 4) is 6.07 Å². The molecule has 2 rings (SSSR count). The maximum atomic E-state index is 11.3. The van der Waals surface area contributed by atoms with Crippen molar-refractivity contribution >= 4 is 11.5 Å². The first-order valence-electron chi connectivity index (χ1n) is 6.69. The standard InChI is InChI=1S/C16H20N2O/c1-12(19)14-4-6-15(7-5-14)18-11-13(8-9-17)10-16(18,2)3/h4-7,13H,8,10-11H2,1-3H3. The van der Waals surface area contributed by atoms with E-state index >= 15 is 0 Å². The minimum Gasteiger partial charge on any atom is -0.366 e. The van der Waals surface area contributed by atoms with Crippen LogP contribution in [-0.4, -0.2) is 17.9 Å². The zero-order valence-corrected chi connectivity index (χ0v) is 11.8. The second-order valence-electron chi connectivity index (χ2n) is 5.96. The number of anilines is 1. The Kier molecular flexibility index (Phi) is 3.61. The number of carbonyl (C=O) groups excluding carboxylic acids is 1. The summed E-state index contributed by atoms with van der Waals surface area (Å²) in [6, 6.07) is 10.0. The van der Waals surface area contributed by atoms with Crippen LogP contribution < -0.4 is 4.90 Å². The van der Waals surface area contributed by atoms with E-state index in [9.17, 15) is 4.79 Å². The molecule has 100 valence electrons. The summed E-state index contributed by atoms with van der Waals surface area (Å²) >= 11 is 0. The Hall–Kier alpha value is -1.82. The van der Waals surface area contributed by atoms with Crippen LogP contribution in [0.1, 0.15) is 44.0 Å². The van der Waals surface area contributed by atoms with Gasteiger partial charge in [-0.25, -0.2) is 0 Å². The van der Waals surface area contributed by atoms with Crippen molar-refractivity contribution in [3.05, 3.63) is 29.8 Å². The van der Waals surface area contributed by atoms with Crippen LogP contribution in [0.25, 0.3) is 0 Å². The van der Waals surface area contributed by atoms with Crippen LogP contribution in [0.2, 0.25) is 0 Å². The maximum absolute atomic E-state index is 11.3. The number of hydrogen-bond donors (Lipinski definition) is 0. The first kappa shape index (κ1) is 13.6. The summed E-state index contributed by atoms with van der Waals surface area (Å²) in [5, 5.41) is 8.85. The fourth-order valence-electron chi connectivity index (χ4n) is 2.98. The van der Waals surface area contributed by atoms with Crippen LogP contribution in [0.3, 0.4) is 0 Å². The van der Waals surface area contributed by atoms with E-state index in [0.29, 0.717) is 12.3 Å². The molecule has 0 spiro atoms. The molecule has 1 aromatic carbocycles. The Morgan fingerprint density at radius 2 is 2.05 bits per heavy atom. The number of nitrogens with zero attached hydrogens (tertiary/aromatic N) is 2. The van der Waals surface area contributed by atoms with Crippen molar-refractivity contribution < 1.29 is 4.79 Å². The summed E-state index contributed by atoms with van der Waals surface area (Å²) in [7, 11) is 0. The van der Waals surface area contributed by atoms with Crippen molar-refractivity contribution in [1.29, 1.82) is 5.26 Å². The molecular weight excluding hydrogens is 236 g/mol. The normalized spacial score (nSPS) is 21.2. The fraction of sp³-hybridized carbons (Fsp3) is 0.500. The SMILES string of the molecule is CC(=O)c1ccc(N2CC(CC#N)CC2(C)C)cc1. The largest absolute Gasteiger partial charge is 0.366 e. The Morgan fingerprint density at radius 3 is 2.58 bits per heavy atom. The molecule has 1 atom stereocenters. The van der Waals surface area contributed by atoms with E-state index in [1.807, 2.05) is 24.3 Å². The lowest BCUT2D eigenvalue weighted by Crippen LogP contribution is -2.38. The first-order chi connectivity index (χ1) is 8.94. The van der Waals surface area contributed by atoms with Crippen molar-refractivity contribution in [3.63, 3.8) is 0 Å². The molecule has 0 N–H and O–H groups in total. The van der Waals surface area contributed by atoms with Crippen LogP contribution in [-0.2, 0) is 0 Å². The Balaban J connectivity index is 2.21. The molecule has 0 radical (unpaired) electrons. The first-order valence-corrected chi connectivity index (χ1v) is 6.69. The van der Waals surface area contributed by atoms with Gasteiger partial charge in [0, 0.05) is 29.8 Å². The summed E-state index contributed by atoms with van der Waals surface area (Å²) in [5.74, 6) is 0.530. The number of nitriles is 1. The van der Waals surface area contributed by atoms with Crippen LogP contribution >= 0.6 is 0 Å². The van der Waals surface area contributed by atoms with E-state index in [2.05, 4.69) is 24.8 Å². The minimum atomic E-state index is 0.0687. The number of benzene rings is 1. The van der Waals surface area contributed by atoms with Gasteiger partial charge in [0.2, 0.25) is 0 Å². The molecule has 0 bridgehead atoms. The smallest absolute Gasteiger partial charge is 0.159 e. The van der Waals surface area contributed by atoms with Crippen LogP contribution in [0.4, 0.5) is 5.69 Å². The fourth-order valence-corrected chi connectivity index (χ4v) is 2.98. The predicted octanol–water partition coefficient (Wildman–Crippen LogP) is 3.41. The number of ketones is 1. The third kappa shape index (κ3) is 2.78. The molecule has 1 aliphatic heterocycles. The topological polar surface area (TPSA) is 44.1 Å². The molecule has 1 aromatic rings. The van der Waals surface area contributed by atoms with Gasteiger partial charge < -0.3 is 4.90 Å². The van der Waals surface area contributed by atoms with Crippen molar-refractivity contribution in [1.82, 2.24) is 0 Å². The second-order valence-corrected chi connectivity index (χ2v) is 5.96. The maximum Gasteiger partial charge on any atom is 0.159 e. The van der Waals surface area contributed by atoms with Crippen molar-refractivity contribution in [2.75, 3.05) is 11.4 Å². The highest BCUT2D eigenvalue weighted by Gasteiger charge is 2.38. The zero-order valence-electron chi connectivity index (χ0n) is 11.8. The van der Waals surface area contributed by atoms with Crippen LogP contribution in [0.5, 0.6) is 0 Å². The van der Waals surface area contributed by atoms with Crippen LogP contribution in [0, 0.1) is 17.2 Å². The van der Waals surface area contributed by atoms with Gasteiger partial charge in [-0.2, -0.15) is 5.26 Å². The molecule has 0 aliphatic carbocycles. The van der Waals surface area contributed by atoms with Gasteiger partial charge in [-0.05, 0) is 57.4 Å². The molecule has 1 heterocycles. The number of hydrogen-bond acceptors (Lipinski definition) is 3. The van der Waals surface area contributed by atoms with E-state index < -0.39 is 0 Å². The molecule has 3 nitrogen and oxygen atoms in total. The monoisotopic (exact) mass is 256 g/mol. The average molecular weight is 256 g/mol. The molecule has 0 saturated carbocycles. The third-order valence-corrected chi connectivity index (χ3v) is 3.93. The van der Waals surface area contributed by atoms with Gasteiger partial charge >= 0.3 is 0 Å². The van der Waals surface area contributed by atoms with Gasteiger partial charge in [0.25, 0.3) is 0 Å². The summed E-state index contributed by atoms with van der Waals surface area (Å²) in [6.45, 7) is 6.92. The lowest BCUT2D eigenvalue weighted by atomic mass is 9.94. The summed E-state index contributed by atoms with van der Waals surface area (Å²) in [5.41, 5.74) is 1.95. The van der Waals surface area contributed by atoms with E-state index in [4.69, 9.17) is 5.26 Å². The van der Waals surface area contributed by atoms with E-state index in [0.717, 1.165) is 24.2 Å². The van der Waals surface area contributed by atoms with Gasteiger partial charge in [-0.1, -0.05) is 0 Å². The third-order valence-electron chi connectivity index (χ3n) is 3.93. The van der Waals surface area contributed by atoms with Gasteiger partial charge in [-0.3, -0.25) is 4.79 Å². The van der Waals surface area contributed by atoms with Gasteiger partial charge in [0.05, 0.1) is 6.07 Å². The lowest BCUT2D eigenvalue weighted by Gasteiger charge is -2.33. The predicted molar refractivity (Wildman–Crippen MR) is 76.2 cm³/mol. The van der Waals surface area contributed by atoms with Gasteiger partial charge in [0.15, 0.2) is 5.78 Å². The summed E-state index contributed by atoms with van der Waals surface area (Å²) < 4.78 is 0. The van der Waals surface area contributed by atoms with E-state index in [1.165, 1.54) is 0 Å². The zero-order chi connectivity index (χ0) is 14.0. The molecule has 0 aromatic heterocycles. The molecule has 0 amide bonds. The molecular formula is C16H20N2O. The number of rotatable bonds is 3. The average Bonchev–Trinajstić information content (AvgIpc) is 2.65. The minimum absolute atomic E-state index is 0.0687.